The van der Waals surface area contributed by atoms with Gasteiger partial charge in [-0.25, -0.2) is 4.98 Å². The largest absolute Gasteiger partial charge is 0.235 e. The summed E-state index contributed by atoms with van der Waals surface area (Å²) >= 11 is 3.12. The van der Waals surface area contributed by atoms with Crippen molar-refractivity contribution in [2.45, 2.75) is 0 Å². The molecule has 4 heteroatoms. The van der Waals surface area contributed by atoms with Crippen molar-refractivity contribution in [1.82, 2.24) is 4.98 Å². The second-order valence-corrected chi connectivity index (χ2v) is 5.93. The Morgan fingerprint density at radius 1 is 1.10 bits per heavy atom. The first kappa shape index (κ1) is 12.8. The van der Waals surface area contributed by atoms with Crippen molar-refractivity contribution in [2.24, 2.45) is 0 Å². The number of nitrogens with zero attached hydrogens (tertiary/aromatic N) is 2. The molecule has 2 aromatic heterocycles. The minimum Gasteiger partial charge on any atom is -0.235 e. The molecule has 3 aromatic rings. The summed E-state index contributed by atoms with van der Waals surface area (Å²) in [6.45, 7) is 0. The fraction of sp³-hybridized carbons (Fsp3) is 0. The lowest BCUT2D eigenvalue weighted by atomic mass is 10.2. The van der Waals surface area contributed by atoms with E-state index in [2.05, 4.69) is 11.1 Å². The van der Waals surface area contributed by atoms with Crippen molar-refractivity contribution in [2.75, 3.05) is 0 Å². The third-order valence-electron chi connectivity index (χ3n) is 2.75. The molecule has 2 nitrogen and oxygen atoms in total. The highest BCUT2D eigenvalue weighted by atomic mass is 32.1. The first-order chi connectivity index (χ1) is 9.86. The lowest BCUT2D eigenvalue weighted by molar-refractivity contribution is 1.37. The maximum absolute atomic E-state index is 9.31. The zero-order valence-electron chi connectivity index (χ0n) is 10.5. The van der Waals surface area contributed by atoms with Gasteiger partial charge in [-0.2, -0.15) is 5.26 Å². The summed E-state index contributed by atoms with van der Waals surface area (Å²) in [6, 6.07) is 16.2. The normalized spacial score (nSPS) is 11.2. The zero-order chi connectivity index (χ0) is 13.8. The second kappa shape index (κ2) is 5.83. The number of nitriles is 1. The smallest absolute Gasteiger partial charge is 0.134 e. The summed E-state index contributed by atoms with van der Waals surface area (Å²) < 4.78 is 0. The van der Waals surface area contributed by atoms with Gasteiger partial charge in [-0.3, -0.25) is 0 Å². The molecule has 1 aromatic carbocycles. The molecule has 0 aliphatic rings. The quantitative estimate of drug-likeness (QED) is 0.642. The van der Waals surface area contributed by atoms with Gasteiger partial charge in [-0.1, -0.05) is 36.4 Å². The monoisotopic (exact) mass is 294 g/mol. The zero-order valence-corrected chi connectivity index (χ0v) is 12.1. The summed E-state index contributed by atoms with van der Waals surface area (Å²) in [4.78, 5) is 5.63. The van der Waals surface area contributed by atoms with Gasteiger partial charge in [0, 0.05) is 15.8 Å². The van der Waals surface area contributed by atoms with Crippen LogP contribution in [-0.4, -0.2) is 4.98 Å². The number of aromatic nitrogens is 1. The Kier molecular flexibility index (Phi) is 3.73. The lowest BCUT2D eigenvalue weighted by Crippen LogP contribution is -1.81. The number of thiophene rings is 1. The predicted molar refractivity (Wildman–Crippen MR) is 85.4 cm³/mol. The van der Waals surface area contributed by atoms with Crippen molar-refractivity contribution in [1.29, 1.82) is 5.26 Å². The van der Waals surface area contributed by atoms with Gasteiger partial charge in [-0.05, 0) is 17.5 Å². The highest BCUT2D eigenvalue weighted by Gasteiger charge is 2.08. The van der Waals surface area contributed by atoms with Gasteiger partial charge >= 0.3 is 0 Å². The SMILES string of the molecule is N#C/C(=C/c1cccs1)c1nc(-c2ccccc2)cs1. The Morgan fingerprint density at radius 3 is 2.65 bits per heavy atom. The lowest BCUT2D eigenvalue weighted by Gasteiger charge is -1.94. The minimum atomic E-state index is 0.611. The van der Waals surface area contributed by atoms with Crippen LogP contribution in [0.2, 0.25) is 0 Å². The van der Waals surface area contributed by atoms with Crippen LogP contribution in [0, 0.1) is 11.3 Å². The van der Waals surface area contributed by atoms with Gasteiger partial charge < -0.3 is 0 Å². The molecule has 2 heterocycles. The average molecular weight is 294 g/mol. The molecule has 0 fully saturated rings. The summed E-state index contributed by atoms with van der Waals surface area (Å²) in [5, 5.41) is 14.1. The van der Waals surface area contributed by atoms with Crippen LogP contribution in [0.15, 0.2) is 53.2 Å². The molecule has 0 aliphatic carbocycles. The van der Waals surface area contributed by atoms with E-state index < -0.39 is 0 Å². The van der Waals surface area contributed by atoms with Crippen LogP contribution >= 0.6 is 22.7 Å². The van der Waals surface area contributed by atoms with Crippen LogP contribution in [0.3, 0.4) is 0 Å². The van der Waals surface area contributed by atoms with Crippen LogP contribution in [0.25, 0.3) is 22.9 Å². The van der Waals surface area contributed by atoms with E-state index in [4.69, 9.17) is 0 Å². The molecule has 0 bridgehead atoms. The van der Waals surface area contributed by atoms with E-state index in [1.165, 1.54) is 11.3 Å². The molecule has 0 spiro atoms. The van der Waals surface area contributed by atoms with Crippen LogP contribution in [-0.2, 0) is 0 Å². The van der Waals surface area contributed by atoms with Gasteiger partial charge in [0.1, 0.15) is 11.1 Å². The first-order valence-electron chi connectivity index (χ1n) is 6.03. The molecule has 20 heavy (non-hydrogen) atoms. The molecule has 0 radical (unpaired) electrons. The molecule has 0 unspecified atom stereocenters. The second-order valence-electron chi connectivity index (χ2n) is 4.09. The maximum Gasteiger partial charge on any atom is 0.134 e. The highest BCUT2D eigenvalue weighted by Crippen LogP contribution is 2.27. The van der Waals surface area contributed by atoms with Gasteiger partial charge in [0.05, 0.1) is 11.3 Å². The molecular formula is C16H10N2S2. The maximum atomic E-state index is 9.31. The van der Waals surface area contributed by atoms with E-state index in [0.29, 0.717) is 5.57 Å². The molecule has 0 N–H and O–H groups in total. The van der Waals surface area contributed by atoms with E-state index in [0.717, 1.165) is 21.1 Å². The van der Waals surface area contributed by atoms with Crippen LogP contribution in [0.1, 0.15) is 9.88 Å². The minimum absolute atomic E-state index is 0.611. The van der Waals surface area contributed by atoms with Gasteiger partial charge in [-0.15, -0.1) is 22.7 Å². The third-order valence-corrected chi connectivity index (χ3v) is 4.45. The summed E-state index contributed by atoms with van der Waals surface area (Å²) in [6.07, 6.45) is 1.89. The number of hydrogen-bond donors (Lipinski definition) is 0. The molecule has 0 atom stereocenters. The molecule has 96 valence electrons. The van der Waals surface area contributed by atoms with Crippen molar-refractivity contribution in [3.05, 3.63) is 63.1 Å². The molecular weight excluding hydrogens is 284 g/mol. The van der Waals surface area contributed by atoms with E-state index in [1.54, 1.807) is 11.3 Å². The molecule has 0 amide bonds. The Morgan fingerprint density at radius 2 is 1.95 bits per heavy atom. The van der Waals surface area contributed by atoms with E-state index >= 15 is 0 Å². The van der Waals surface area contributed by atoms with Crippen molar-refractivity contribution in [3.8, 4) is 17.3 Å². The number of rotatable bonds is 3. The Balaban J connectivity index is 1.95. The summed E-state index contributed by atoms with van der Waals surface area (Å²) in [5.41, 5.74) is 2.60. The van der Waals surface area contributed by atoms with Crippen LogP contribution < -0.4 is 0 Å². The standard InChI is InChI=1S/C16H10N2S2/c17-10-13(9-14-7-4-8-19-14)16-18-15(11-20-16)12-5-2-1-3-6-12/h1-9,11H/b13-9-. The van der Waals surface area contributed by atoms with Gasteiger partial charge in [0.15, 0.2) is 0 Å². The summed E-state index contributed by atoms with van der Waals surface area (Å²) in [7, 11) is 0. The van der Waals surface area contributed by atoms with Crippen LogP contribution in [0.4, 0.5) is 0 Å². The highest BCUT2D eigenvalue weighted by molar-refractivity contribution is 7.12. The van der Waals surface area contributed by atoms with Crippen molar-refractivity contribution in [3.63, 3.8) is 0 Å². The fourth-order valence-electron chi connectivity index (χ4n) is 1.80. The van der Waals surface area contributed by atoms with Crippen molar-refractivity contribution < 1.29 is 0 Å². The number of benzene rings is 1. The van der Waals surface area contributed by atoms with Crippen molar-refractivity contribution >= 4 is 34.3 Å². The molecule has 3 rings (SSSR count). The van der Waals surface area contributed by atoms with E-state index in [-0.39, 0.29) is 0 Å². The van der Waals surface area contributed by atoms with Crippen LogP contribution in [0.5, 0.6) is 0 Å². The average Bonchev–Trinajstić information content (AvgIpc) is 3.17. The topological polar surface area (TPSA) is 36.7 Å². The molecule has 0 saturated carbocycles. The fourth-order valence-corrected chi connectivity index (χ4v) is 3.25. The van der Waals surface area contributed by atoms with Gasteiger partial charge in [0.2, 0.25) is 0 Å². The van der Waals surface area contributed by atoms with Gasteiger partial charge in [0.25, 0.3) is 0 Å². The molecule has 0 aliphatic heterocycles. The predicted octanol–water partition coefficient (Wildman–Crippen LogP) is 4.94. The Hall–Kier alpha value is -2.22. The Labute approximate surface area is 125 Å². The number of thiazole rings is 1. The molecule has 0 saturated heterocycles. The van der Waals surface area contributed by atoms with E-state index in [9.17, 15) is 5.26 Å². The number of hydrogen-bond acceptors (Lipinski definition) is 4. The van der Waals surface area contributed by atoms with E-state index in [1.807, 2.05) is 59.3 Å². The number of allylic oxidation sites excluding steroid dienone is 1. The summed E-state index contributed by atoms with van der Waals surface area (Å²) in [5.74, 6) is 0. The third kappa shape index (κ3) is 2.69. The first-order valence-corrected chi connectivity index (χ1v) is 7.79. The Bertz CT molecular complexity index is 762.